The summed E-state index contributed by atoms with van der Waals surface area (Å²) in [4.78, 5) is 9.13. The molecule has 0 amide bonds. The van der Waals surface area contributed by atoms with E-state index in [9.17, 15) is 0 Å². The van der Waals surface area contributed by atoms with E-state index in [-0.39, 0.29) is 0 Å². The minimum Gasteiger partial charge on any atom is -0.372 e. The summed E-state index contributed by atoms with van der Waals surface area (Å²) in [5.41, 5.74) is 8.19. The average Bonchev–Trinajstić information content (AvgIpc) is 3.36. The third-order valence-corrected chi connectivity index (χ3v) is 6.29. The molecule has 144 valence electrons. The molecule has 4 heteroatoms. The number of anilines is 1. The van der Waals surface area contributed by atoms with E-state index in [4.69, 9.17) is 0 Å². The first kappa shape index (κ1) is 17.5. The molecule has 1 saturated heterocycles. The van der Waals surface area contributed by atoms with Gasteiger partial charge in [0.1, 0.15) is 0 Å². The van der Waals surface area contributed by atoms with Gasteiger partial charge in [0.25, 0.3) is 0 Å². The van der Waals surface area contributed by atoms with Crippen LogP contribution in [0.1, 0.15) is 36.6 Å². The van der Waals surface area contributed by atoms with Crippen molar-refractivity contribution in [3.8, 4) is 0 Å². The molecule has 2 aliphatic heterocycles. The molecule has 3 aromatic rings. The molecule has 0 bridgehead atoms. The zero-order valence-corrected chi connectivity index (χ0v) is 16.9. The van der Waals surface area contributed by atoms with E-state index in [2.05, 4.69) is 69.9 Å². The van der Waals surface area contributed by atoms with Gasteiger partial charge < -0.3 is 14.4 Å². The fourth-order valence-electron chi connectivity index (χ4n) is 4.72. The zero-order chi connectivity index (χ0) is 19.1. The third kappa shape index (κ3) is 3.02. The minimum absolute atomic E-state index is 1.03. The highest BCUT2D eigenvalue weighted by Crippen LogP contribution is 2.35. The number of benzene rings is 1. The van der Waals surface area contributed by atoms with Crippen molar-refractivity contribution in [3.63, 3.8) is 0 Å². The van der Waals surface area contributed by atoms with Crippen molar-refractivity contribution >= 4 is 28.4 Å². The van der Waals surface area contributed by atoms with Crippen molar-refractivity contribution in [1.82, 2.24) is 14.5 Å². The number of aromatic nitrogens is 2. The molecule has 2 aliphatic rings. The minimum atomic E-state index is 1.03. The van der Waals surface area contributed by atoms with Crippen molar-refractivity contribution in [2.24, 2.45) is 0 Å². The summed E-state index contributed by atoms with van der Waals surface area (Å²) >= 11 is 0. The molecule has 1 aromatic carbocycles. The molecule has 0 radical (unpaired) electrons. The fourth-order valence-corrected chi connectivity index (χ4v) is 4.72. The molecule has 1 fully saturated rings. The molecular weight excluding hydrogens is 344 g/mol. The summed E-state index contributed by atoms with van der Waals surface area (Å²) in [5, 5.41) is 1.42. The lowest BCUT2D eigenvalue weighted by molar-refractivity contribution is 0.312. The Morgan fingerprint density at radius 3 is 2.61 bits per heavy atom. The number of likely N-dealkylation sites (N-methyl/N-ethyl adjacent to an activating group) is 1. The van der Waals surface area contributed by atoms with E-state index < -0.39 is 0 Å². The molecule has 28 heavy (non-hydrogen) atoms. The van der Waals surface area contributed by atoms with E-state index in [1.165, 1.54) is 64.9 Å². The van der Waals surface area contributed by atoms with Gasteiger partial charge in [0.15, 0.2) is 0 Å². The van der Waals surface area contributed by atoms with E-state index in [1.54, 1.807) is 0 Å². The summed E-state index contributed by atoms with van der Waals surface area (Å²) in [5.74, 6) is 0. The summed E-state index contributed by atoms with van der Waals surface area (Å²) in [7, 11) is 2.23. The summed E-state index contributed by atoms with van der Waals surface area (Å²) in [6, 6.07) is 11.3. The smallest absolute Gasteiger partial charge is 0.0530 e. The number of allylic oxidation sites excluding steroid dienone is 1. The van der Waals surface area contributed by atoms with Crippen molar-refractivity contribution in [2.45, 2.75) is 32.7 Å². The van der Waals surface area contributed by atoms with Crippen LogP contribution >= 0.6 is 0 Å². The van der Waals surface area contributed by atoms with Gasteiger partial charge >= 0.3 is 0 Å². The van der Waals surface area contributed by atoms with Gasteiger partial charge in [0, 0.05) is 68.0 Å². The van der Waals surface area contributed by atoms with Crippen LogP contribution in [-0.2, 0) is 13.0 Å². The molecule has 0 aliphatic carbocycles. The van der Waals surface area contributed by atoms with Gasteiger partial charge in [0.05, 0.1) is 5.52 Å². The Balaban J connectivity index is 1.66. The normalized spacial score (nSPS) is 18.1. The Morgan fingerprint density at radius 2 is 1.82 bits per heavy atom. The van der Waals surface area contributed by atoms with Crippen LogP contribution in [0.4, 0.5) is 5.69 Å². The Labute approximate surface area is 167 Å². The molecule has 4 heterocycles. The SMILES string of the molecule is CC(=Cn1c2c(c3cc(N4CCCC4)ccc31)CN(C)CC2)c1ccncc1. The second kappa shape index (κ2) is 7.10. The maximum absolute atomic E-state index is 4.16. The summed E-state index contributed by atoms with van der Waals surface area (Å²) < 4.78 is 2.45. The molecule has 2 aromatic heterocycles. The lowest BCUT2D eigenvalue weighted by Gasteiger charge is -2.24. The van der Waals surface area contributed by atoms with Crippen LogP contribution < -0.4 is 4.90 Å². The van der Waals surface area contributed by atoms with Gasteiger partial charge in [0.2, 0.25) is 0 Å². The molecule has 0 atom stereocenters. The van der Waals surface area contributed by atoms with E-state index in [1.807, 2.05) is 12.4 Å². The predicted molar refractivity (Wildman–Crippen MR) is 118 cm³/mol. The highest BCUT2D eigenvalue weighted by atomic mass is 15.1. The molecule has 4 nitrogen and oxygen atoms in total. The van der Waals surface area contributed by atoms with Crippen LogP contribution in [0.3, 0.4) is 0 Å². The number of rotatable bonds is 3. The lowest BCUT2D eigenvalue weighted by atomic mass is 10.0. The van der Waals surface area contributed by atoms with Gasteiger partial charge in [-0.1, -0.05) is 0 Å². The quantitative estimate of drug-likeness (QED) is 0.669. The second-order valence-corrected chi connectivity index (χ2v) is 8.23. The van der Waals surface area contributed by atoms with Gasteiger partial charge in [-0.25, -0.2) is 0 Å². The Kier molecular flexibility index (Phi) is 4.44. The molecule has 0 spiro atoms. The number of hydrogen-bond acceptors (Lipinski definition) is 3. The molecular formula is C24H28N4. The van der Waals surface area contributed by atoms with Gasteiger partial charge in [-0.2, -0.15) is 0 Å². The van der Waals surface area contributed by atoms with Crippen LogP contribution in [0, 0.1) is 0 Å². The van der Waals surface area contributed by atoms with Crippen molar-refractivity contribution in [3.05, 3.63) is 59.5 Å². The maximum atomic E-state index is 4.16. The number of nitrogens with zero attached hydrogens (tertiary/aromatic N) is 4. The summed E-state index contributed by atoms with van der Waals surface area (Å²) in [6.45, 7) is 6.72. The Bertz CT molecular complexity index is 1030. The molecule has 0 N–H and O–H groups in total. The maximum Gasteiger partial charge on any atom is 0.0530 e. The van der Waals surface area contributed by atoms with Gasteiger partial charge in [-0.15, -0.1) is 0 Å². The molecule has 0 unspecified atom stereocenters. The summed E-state index contributed by atoms with van der Waals surface area (Å²) in [6.07, 6.45) is 9.78. The first-order valence-corrected chi connectivity index (χ1v) is 10.4. The topological polar surface area (TPSA) is 24.3 Å². The van der Waals surface area contributed by atoms with Crippen molar-refractivity contribution < 1.29 is 0 Å². The molecule has 0 saturated carbocycles. The number of pyridine rings is 1. The largest absolute Gasteiger partial charge is 0.372 e. The highest BCUT2D eigenvalue weighted by molar-refractivity contribution is 5.92. The standard InChI is InChI=1S/C24H28N4/c1-18(19-7-10-25-11-8-19)16-28-23-6-5-20(27-12-3-4-13-27)15-21(23)22-17-26(2)14-9-24(22)28/h5-8,10-11,15-16H,3-4,9,12-14,17H2,1-2H3. The van der Waals surface area contributed by atoms with Crippen LogP contribution in [-0.4, -0.2) is 41.1 Å². The number of hydrogen-bond donors (Lipinski definition) is 0. The average molecular weight is 373 g/mol. The van der Waals surface area contributed by atoms with Gasteiger partial charge in [-0.05, 0) is 73.8 Å². The van der Waals surface area contributed by atoms with E-state index in [0.717, 1.165) is 19.5 Å². The van der Waals surface area contributed by atoms with Crippen molar-refractivity contribution in [2.75, 3.05) is 31.6 Å². The Morgan fingerprint density at radius 1 is 1.04 bits per heavy atom. The number of fused-ring (bicyclic) bond motifs is 3. The fraction of sp³-hybridized carbons (Fsp3) is 0.375. The van der Waals surface area contributed by atoms with Crippen LogP contribution in [0.25, 0.3) is 22.7 Å². The van der Waals surface area contributed by atoms with Crippen LogP contribution in [0.5, 0.6) is 0 Å². The highest BCUT2D eigenvalue weighted by Gasteiger charge is 2.23. The predicted octanol–water partition coefficient (Wildman–Crippen LogP) is 4.64. The first-order valence-electron chi connectivity index (χ1n) is 10.4. The second-order valence-electron chi connectivity index (χ2n) is 8.23. The van der Waals surface area contributed by atoms with Crippen molar-refractivity contribution in [1.29, 1.82) is 0 Å². The third-order valence-electron chi connectivity index (χ3n) is 6.29. The van der Waals surface area contributed by atoms with E-state index in [0.29, 0.717) is 0 Å². The monoisotopic (exact) mass is 372 g/mol. The Hall–Kier alpha value is -2.59. The lowest BCUT2D eigenvalue weighted by Crippen LogP contribution is -2.26. The molecule has 5 rings (SSSR count). The van der Waals surface area contributed by atoms with E-state index >= 15 is 0 Å². The van der Waals surface area contributed by atoms with Crippen LogP contribution in [0.2, 0.25) is 0 Å². The van der Waals surface area contributed by atoms with Gasteiger partial charge in [-0.3, -0.25) is 4.98 Å². The first-order chi connectivity index (χ1) is 13.7. The zero-order valence-electron chi connectivity index (χ0n) is 16.9. The van der Waals surface area contributed by atoms with Crippen LogP contribution in [0.15, 0.2) is 42.7 Å².